The second kappa shape index (κ2) is 9.11. The van der Waals surface area contributed by atoms with Crippen LogP contribution in [0.25, 0.3) is 10.4 Å². The Morgan fingerprint density at radius 2 is 2.07 bits per heavy atom. The molecule has 0 bridgehead atoms. The Kier molecular flexibility index (Phi) is 7.11. The maximum atomic E-state index is 11.9. The Hall–Kier alpha value is -2.24. The first-order chi connectivity index (χ1) is 12.8. The van der Waals surface area contributed by atoms with E-state index in [1.165, 1.54) is 0 Å². The number of hydrogen-bond acceptors (Lipinski definition) is 8. The van der Waals surface area contributed by atoms with E-state index in [4.69, 9.17) is 20.1 Å². The van der Waals surface area contributed by atoms with Crippen molar-refractivity contribution in [2.24, 2.45) is 5.11 Å². The first-order valence-corrected chi connectivity index (χ1v) is 8.13. The van der Waals surface area contributed by atoms with Crippen LogP contribution in [0.4, 0.5) is 0 Å². The molecule has 1 fully saturated rings. The fourth-order valence-corrected chi connectivity index (χ4v) is 2.82. The summed E-state index contributed by atoms with van der Waals surface area (Å²) in [4.78, 5) is 14.4. The fraction of sp³-hybridized carbons (Fsp3) is 0.562. The first kappa shape index (κ1) is 21.1. The van der Waals surface area contributed by atoms with Crippen molar-refractivity contribution in [1.29, 1.82) is 0 Å². The third-order valence-corrected chi connectivity index (χ3v) is 4.28. The average Bonchev–Trinajstić information content (AvgIpc) is 2.67. The maximum absolute atomic E-state index is 11.9. The van der Waals surface area contributed by atoms with Gasteiger partial charge in [0.15, 0.2) is 0 Å². The zero-order chi connectivity index (χ0) is 20.0. The normalized spacial score (nSPS) is 30.1. The van der Waals surface area contributed by atoms with E-state index in [2.05, 4.69) is 10.0 Å². The van der Waals surface area contributed by atoms with Crippen molar-refractivity contribution in [3.8, 4) is 0 Å². The van der Waals surface area contributed by atoms with E-state index in [-0.39, 0.29) is 6.61 Å². The molecule has 0 aliphatic carbocycles. The van der Waals surface area contributed by atoms with Gasteiger partial charge in [0.2, 0.25) is 0 Å². The lowest BCUT2D eigenvalue weighted by Crippen LogP contribution is -2.63. The highest BCUT2D eigenvalue weighted by Gasteiger charge is 2.55. The van der Waals surface area contributed by atoms with Gasteiger partial charge in [-0.25, -0.2) is 4.79 Å². The predicted octanol–water partition coefficient (Wildman–Crippen LogP) is -0.473. The van der Waals surface area contributed by atoms with Crippen molar-refractivity contribution in [1.82, 2.24) is 0 Å². The molecule has 0 amide bonds. The fourth-order valence-electron chi connectivity index (χ4n) is 2.82. The highest BCUT2D eigenvalue weighted by Crippen LogP contribution is 2.35. The quantitative estimate of drug-likeness (QED) is 0.226. The van der Waals surface area contributed by atoms with Gasteiger partial charge in [0, 0.05) is 11.3 Å². The number of carbonyl (C=O) groups is 1. The summed E-state index contributed by atoms with van der Waals surface area (Å²) >= 11 is 0. The zero-order valence-electron chi connectivity index (χ0n) is 14.2. The number of hydrogen-bond donors (Lipinski definition) is 5. The number of carboxylic acids is 1. The summed E-state index contributed by atoms with van der Waals surface area (Å²) in [7, 11) is 0. The summed E-state index contributed by atoms with van der Waals surface area (Å²) in [6, 6.07) is 7.22. The van der Waals surface area contributed by atoms with Gasteiger partial charge in [0.1, 0.15) is 18.3 Å². The van der Waals surface area contributed by atoms with Gasteiger partial charge < -0.3 is 35.0 Å². The van der Waals surface area contributed by atoms with E-state index in [0.29, 0.717) is 5.56 Å². The number of carboxylic acid groups (broad SMARTS) is 1. The molecule has 2 rings (SSSR count). The van der Waals surface area contributed by atoms with Crippen molar-refractivity contribution in [2.75, 3.05) is 6.61 Å². The zero-order valence-corrected chi connectivity index (χ0v) is 14.2. The van der Waals surface area contributed by atoms with Crippen LogP contribution in [0.5, 0.6) is 0 Å². The van der Waals surface area contributed by atoms with Crippen LogP contribution >= 0.6 is 0 Å². The number of aliphatic carboxylic acids is 1. The number of benzene rings is 1. The maximum Gasteiger partial charge on any atom is 0.364 e. The van der Waals surface area contributed by atoms with Crippen LogP contribution in [0, 0.1) is 0 Å². The van der Waals surface area contributed by atoms with Crippen molar-refractivity contribution in [3.63, 3.8) is 0 Å². The van der Waals surface area contributed by atoms with Gasteiger partial charge in [-0.1, -0.05) is 35.4 Å². The molecule has 27 heavy (non-hydrogen) atoms. The largest absolute Gasteiger partial charge is 0.477 e. The molecule has 11 nitrogen and oxygen atoms in total. The van der Waals surface area contributed by atoms with E-state index in [1.54, 1.807) is 30.3 Å². The summed E-state index contributed by atoms with van der Waals surface area (Å²) in [5, 5.41) is 52.2. The molecule has 11 heteroatoms. The molecule has 148 valence electrons. The SMILES string of the molecule is [N-]=[N+]=N[C@H]1[C@H]([C@H](O)[C@H](O)CO)O[C@@](OCc2ccccc2)(C(=O)O)C[C@@H]1O. The Morgan fingerprint density at radius 3 is 2.63 bits per heavy atom. The van der Waals surface area contributed by atoms with Crippen LogP contribution in [-0.4, -0.2) is 74.4 Å². The molecular formula is C16H21N3O8. The van der Waals surface area contributed by atoms with Gasteiger partial charge in [0.05, 0.1) is 25.4 Å². The highest BCUT2D eigenvalue weighted by molar-refractivity contribution is 5.76. The van der Waals surface area contributed by atoms with Crippen molar-refractivity contribution in [3.05, 3.63) is 46.3 Å². The van der Waals surface area contributed by atoms with Gasteiger partial charge in [0.25, 0.3) is 5.79 Å². The summed E-state index contributed by atoms with van der Waals surface area (Å²) in [5.74, 6) is -3.91. The van der Waals surface area contributed by atoms with Gasteiger partial charge in [-0.3, -0.25) is 0 Å². The van der Waals surface area contributed by atoms with Gasteiger partial charge >= 0.3 is 5.97 Å². The highest BCUT2D eigenvalue weighted by atomic mass is 16.7. The Bertz CT molecular complexity index is 684. The van der Waals surface area contributed by atoms with Crippen LogP contribution in [0.2, 0.25) is 0 Å². The molecule has 5 N–H and O–H groups in total. The average molecular weight is 383 g/mol. The van der Waals surface area contributed by atoms with Crippen LogP contribution in [0.15, 0.2) is 35.4 Å². The number of aliphatic hydroxyl groups excluding tert-OH is 4. The third kappa shape index (κ3) is 4.73. The van der Waals surface area contributed by atoms with Crippen molar-refractivity contribution in [2.45, 2.75) is 49.3 Å². The van der Waals surface area contributed by atoms with Gasteiger partial charge in [-0.15, -0.1) is 0 Å². The Morgan fingerprint density at radius 1 is 1.41 bits per heavy atom. The van der Waals surface area contributed by atoms with Crippen molar-refractivity contribution >= 4 is 5.97 Å². The molecule has 1 aliphatic rings. The van der Waals surface area contributed by atoms with Gasteiger partial charge in [-0.05, 0) is 11.1 Å². The number of rotatable bonds is 8. The van der Waals surface area contributed by atoms with E-state index >= 15 is 0 Å². The van der Waals surface area contributed by atoms with Crippen LogP contribution < -0.4 is 0 Å². The lowest BCUT2D eigenvalue weighted by molar-refractivity contribution is -0.312. The first-order valence-electron chi connectivity index (χ1n) is 8.13. The Balaban J connectivity index is 2.31. The van der Waals surface area contributed by atoms with E-state index in [0.717, 1.165) is 0 Å². The van der Waals surface area contributed by atoms with Crippen LogP contribution in [0.3, 0.4) is 0 Å². The third-order valence-electron chi connectivity index (χ3n) is 4.28. The minimum absolute atomic E-state index is 0.169. The van der Waals surface area contributed by atoms with E-state index < -0.39 is 55.2 Å². The molecule has 1 aromatic carbocycles. The molecule has 0 saturated carbocycles. The Labute approximate surface area is 154 Å². The molecular weight excluding hydrogens is 362 g/mol. The topological polar surface area (TPSA) is 185 Å². The smallest absolute Gasteiger partial charge is 0.364 e. The van der Waals surface area contributed by atoms with Crippen LogP contribution in [0.1, 0.15) is 12.0 Å². The standard InChI is InChI=1S/C16H21N3O8/c17-19-18-12-10(21)6-16(15(24)25,26-8-9-4-2-1-3-5-9)27-14(12)13(23)11(22)7-20/h1-5,10-14,20-23H,6-8H2,(H,24,25)/t10-,11+,12+,13+,14+,16+/m0/s1. The number of azide groups is 1. The van der Waals surface area contributed by atoms with Crippen LogP contribution in [-0.2, 0) is 20.9 Å². The summed E-state index contributed by atoms with van der Waals surface area (Å²) in [5.41, 5.74) is 9.31. The van der Waals surface area contributed by atoms with E-state index in [9.17, 15) is 25.2 Å². The molecule has 0 spiro atoms. The summed E-state index contributed by atoms with van der Waals surface area (Å²) < 4.78 is 10.8. The van der Waals surface area contributed by atoms with E-state index in [1.807, 2.05) is 0 Å². The molecule has 0 unspecified atom stereocenters. The molecule has 0 aromatic heterocycles. The summed E-state index contributed by atoms with van der Waals surface area (Å²) in [6.45, 7) is -1.03. The second-order valence-corrected chi connectivity index (χ2v) is 6.12. The molecule has 0 radical (unpaired) electrons. The number of aliphatic hydroxyl groups is 4. The molecule has 1 saturated heterocycles. The second-order valence-electron chi connectivity index (χ2n) is 6.12. The molecule has 6 atom stereocenters. The summed E-state index contributed by atoms with van der Waals surface area (Å²) in [6.07, 6.45) is -7.28. The van der Waals surface area contributed by atoms with Crippen molar-refractivity contribution < 1.29 is 39.8 Å². The minimum Gasteiger partial charge on any atom is -0.477 e. The monoisotopic (exact) mass is 383 g/mol. The predicted molar refractivity (Wildman–Crippen MR) is 89.1 cm³/mol. The lowest BCUT2D eigenvalue weighted by atomic mass is 9.89. The number of ether oxygens (including phenoxy) is 2. The molecule has 1 aromatic rings. The molecule has 1 aliphatic heterocycles. The number of nitrogens with zero attached hydrogens (tertiary/aromatic N) is 3. The minimum atomic E-state index is -2.35. The van der Waals surface area contributed by atoms with Gasteiger partial charge in [-0.2, -0.15) is 0 Å². The molecule has 1 heterocycles. The lowest BCUT2D eigenvalue weighted by Gasteiger charge is -2.45.